The Balaban J connectivity index is 2.30. The van der Waals surface area contributed by atoms with Crippen LogP contribution in [0.3, 0.4) is 0 Å². The third-order valence-corrected chi connectivity index (χ3v) is 4.40. The molecular formula is C20H22N4O4S. The van der Waals surface area contributed by atoms with Gasteiger partial charge in [-0.1, -0.05) is 25.3 Å². The van der Waals surface area contributed by atoms with Crippen LogP contribution in [0.25, 0.3) is 5.57 Å². The molecule has 9 heteroatoms. The van der Waals surface area contributed by atoms with Crippen LogP contribution < -0.4 is 10.0 Å². The van der Waals surface area contributed by atoms with E-state index in [4.69, 9.17) is 4.74 Å². The van der Waals surface area contributed by atoms with E-state index >= 15 is 0 Å². The number of hydrogen-bond donors (Lipinski definition) is 2. The first kappa shape index (κ1) is 21.8. The van der Waals surface area contributed by atoms with Gasteiger partial charge in [-0.2, -0.15) is 0 Å². The maximum absolute atomic E-state index is 12.6. The lowest BCUT2D eigenvalue weighted by molar-refractivity contribution is 0.102. The number of ether oxygens (including phenoxy) is 1. The molecule has 0 saturated carbocycles. The molecule has 0 aliphatic carbocycles. The van der Waals surface area contributed by atoms with Gasteiger partial charge in [-0.25, -0.2) is 18.4 Å². The van der Waals surface area contributed by atoms with Crippen LogP contribution >= 0.6 is 0 Å². The highest BCUT2D eigenvalue weighted by Gasteiger charge is 2.13. The summed E-state index contributed by atoms with van der Waals surface area (Å²) < 4.78 is 30.6. The van der Waals surface area contributed by atoms with E-state index in [1.807, 2.05) is 0 Å². The molecular weight excluding hydrogens is 392 g/mol. The monoisotopic (exact) mass is 414 g/mol. The van der Waals surface area contributed by atoms with E-state index < -0.39 is 15.9 Å². The Morgan fingerprint density at radius 2 is 1.97 bits per heavy atom. The standard InChI is InChI=1S/C20H22N4O4S/c1-6-7-16(14(3)28-4)18-11-19(22-12-21-18)23-20(25)15-9-8-13(2)17(10-15)24-29(5,26)27/h6-12,24H,1,3H2,2,4-5H3,(H,21,22,23,25)/b16-7+. The Morgan fingerprint density at radius 1 is 1.24 bits per heavy atom. The number of methoxy groups -OCH3 is 1. The maximum atomic E-state index is 12.6. The Hall–Kier alpha value is -3.46. The molecule has 0 spiro atoms. The van der Waals surface area contributed by atoms with Crippen molar-refractivity contribution in [3.63, 3.8) is 0 Å². The zero-order valence-electron chi connectivity index (χ0n) is 16.4. The summed E-state index contributed by atoms with van der Waals surface area (Å²) in [5.41, 5.74) is 2.37. The van der Waals surface area contributed by atoms with Gasteiger partial charge in [-0.05, 0) is 30.7 Å². The second-order valence-electron chi connectivity index (χ2n) is 6.09. The molecule has 1 heterocycles. The minimum absolute atomic E-state index is 0.261. The van der Waals surface area contributed by atoms with E-state index in [-0.39, 0.29) is 11.4 Å². The average molecular weight is 414 g/mol. The highest BCUT2D eigenvalue weighted by Crippen LogP contribution is 2.23. The Morgan fingerprint density at radius 3 is 2.59 bits per heavy atom. The van der Waals surface area contributed by atoms with Crippen molar-refractivity contribution in [3.8, 4) is 0 Å². The second kappa shape index (κ2) is 9.16. The summed E-state index contributed by atoms with van der Waals surface area (Å²) in [5.74, 6) is 0.194. The summed E-state index contributed by atoms with van der Waals surface area (Å²) in [6, 6.07) is 6.28. The highest BCUT2D eigenvalue weighted by molar-refractivity contribution is 7.92. The SMILES string of the molecule is C=C/C=C(\C(=C)OC)c1cc(NC(=O)c2ccc(C)c(NS(C)(=O)=O)c2)ncn1. The van der Waals surface area contributed by atoms with E-state index in [1.54, 1.807) is 37.3 Å². The van der Waals surface area contributed by atoms with Gasteiger partial charge in [0.25, 0.3) is 5.91 Å². The minimum Gasteiger partial charge on any atom is -0.497 e. The van der Waals surface area contributed by atoms with E-state index in [9.17, 15) is 13.2 Å². The number of benzene rings is 1. The summed E-state index contributed by atoms with van der Waals surface area (Å²) in [5, 5.41) is 2.67. The van der Waals surface area contributed by atoms with E-state index in [2.05, 4.69) is 33.2 Å². The number of amides is 1. The molecule has 0 bridgehead atoms. The van der Waals surface area contributed by atoms with E-state index in [1.165, 1.54) is 19.5 Å². The molecule has 0 radical (unpaired) electrons. The lowest BCUT2D eigenvalue weighted by Gasteiger charge is -2.12. The smallest absolute Gasteiger partial charge is 0.256 e. The molecule has 0 aliphatic rings. The lowest BCUT2D eigenvalue weighted by Crippen LogP contribution is -2.15. The first-order valence-electron chi connectivity index (χ1n) is 8.43. The van der Waals surface area contributed by atoms with Crippen LogP contribution in [0.4, 0.5) is 11.5 Å². The number of aromatic nitrogens is 2. The zero-order chi connectivity index (χ0) is 21.6. The summed E-state index contributed by atoms with van der Waals surface area (Å²) in [7, 11) is -1.98. The zero-order valence-corrected chi connectivity index (χ0v) is 17.2. The summed E-state index contributed by atoms with van der Waals surface area (Å²) in [4.78, 5) is 20.8. The molecule has 2 rings (SSSR count). The quantitative estimate of drug-likeness (QED) is 0.507. The fourth-order valence-corrected chi connectivity index (χ4v) is 3.00. The number of anilines is 2. The number of carbonyl (C=O) groups is 1. The van der Waals surface area contributed by atoms with Crippen molar-refractivity contribution in [2.45, 2.75) is 6.92 Å². The van der Waals surface area contributed by atoms with Crippen molar-refractivity contribution in [3.05, 3.63) is 78.5 Å². The van der Waals surface area contributed by atoms with Crippen LogP contribution in [-0.2, 0) is 14.8 Å². The van der Waals surface area contributed by atoms with Crippen LogP contribution in [0, 0.1) is 6.92 Å². The van der Waals surface area contributed by atoms with Gasteiger partial charge < -0.3 is 10.1 Å². The van der Waals surface area contributed by atoms with Crippen molar-refractivity contribution in [1.82, 2.24) is 9.97 Å². The number of carbonyl (C=O) groups excluding carboxylic acids is 1. The minimum atomic E-state index is -3.47. The van der Waals surface area contributed by atoms with Crippen LogP contribution in [0.5, 0.6) is 0 Å². The maximum Gasteiger partial charge on any atom is 0.256 e. The molecule has 0 aliphatic heterocycles. The normalized spacial score (nSPS) is 11.5. The fraction of sp³-hybridized carbons (Fsp3) is 0.150. The molecule has 1 amide bonds. The van der Waals surface area contributed by atoms with Crippen LogP contribution in [0.1, 0.15) is 21.6 Å². The van der Waals surface area contributed by atoms with Gasteiger partial charge in [0.05, 0.1) is 24.7 Å². The first-order chi connectivity index (χ1) is 13.6. The van der Waals surface area contributed by atoms with Crippen LogP contribution in [0.15, 0.2) is 61.7 Å². The summed E-state index contributed by atoms with van der Waals surface area (Å²) >= 11 is 0. The topological polar surface area (TPSA) is 110 Å². The van der Waals surface area contributed by atoms with E-state index in [0.29, 0.717) is 28.3 Å². The van der Waals surface area contributed by atoms with Crippen molar-refractivity contribution in [2.24, 2.45) is 0 Å². The third kappa shape index (κ3) is 6.01. The van der Waals surface area contributed by atoms with Gasteiger partial charge in [-0.15, -0.1) is 0 Å². The van der Waals surface area contributed by atoms with Gasteiger partial charge >= 0.3 is 0 Å². The van der Waals surface area contributed by atoms with Crippen molar-refractivity contribution in [1.29, 1.82) is 0 Å². The Kier molecular flexibility index (Phi) is 6.89. The Labute approximate surface area is 170 Å². The van der Waals surface area contributed by atoms with E-state index in [0.717, 1.165) is 6.26 Å². The molecule has 8 nitrogen and oxygen atoms in total. The van der Waals surface area contributed by atoms with Gasteiger partial charge in [0, 0.05) is 17.2 Å². The largest absolute Gasteiger partial charge is 0.497 e. The highest BCUT2D eigenvalue weighted by atomic mass is 32.2. The lowest BCUT2D eigenvalue weighted by atomic mass is 10.1. The molecule has 29 heavy (non-hydrogen) atoms. The number of nitrogens with zero attached hydrogens (tertiary/aromatic N) is 2. The molecule has 0 saturated heterocycles. The molecule has 0 unspecified atom stereocenters. The fourth-order valence-electron chi connectivity index (χ4n) is 2.38. The molecule has 0 atom stereocenters. The molecule has 2 N–H and O–H groups in total. The number of allylic oxidation sites excluding steroid dienone is 3. The number of nitrogens with one attached hydrogen (secondary N) is 2. The molecule has 0 fully saturated rings. The molecule has 152 valence electrons. The van der Waals surface area contributed by atoms with Gasteiger partial charge in [0.2, 0.25) is 10.0 Å². The van der Waals surface area contributed by atoms with Gasteiger partial charge in [-0.3, -0.25) is 9.52 Å². The van der Waals surface area contributed by atoms with Crippen molar-refractivity contribution in [2.75, 3.05) is 23.4 Å². The molecule has 1 aromatic carbocycles. The predicted molar refractivity (Wildman–Crippen MR) is 114 cm³/mol. The number of rotatable bonds is 8. The van der Waals surface area contributed by atoms with Crippen molar-refractivity contribution < 1.29 is 17.9 Å². The molecule has 2 aromatic rings. The predicted octanol–water partition coefficient (Wildman–Crippen LogP) is 3.14. The molecule has 1 aromatic heterocycles. The van der Waals surface area contributed by atoms with Crippen molar-refractivity contribution >= 4 is 33.0 Å². The Bertz CT molecular complexity index is 1090. The number of aryl methyl sites for hydroxylation is 1. The van der Waals surface area contributed by atoms with Crippen LogP contribution in [0.2, 0.25) is 0 Å². The average Bonchev–Trinajstić information content (AvgIpc) is 2.66. The number of sulfonamides is 1. The third-order valence-electron chi connectivity index (χ3n) is 3.81. The number of hydrogen-bond acceptors (Lipinski definition) is 6. The second-order valence-corrected chi connectivity index (χ2v) is 7.84. The van der Waals surface area contributed by atoms with Crippen LogP contribution in [-0.4, -0.2) is 37.7 Å². The summed E-state index contributed by atoms with van der Waals surface area (Å²) in [6.45, 7) is 9.21. The van der Waals surface area contributed by atoms with Gasteiger partial charge in [0.15, 0.2) is 0 Å². The summed E-state index contributed by atoms with van der Waals surface area (Å²) in [6.07, 6.45) is 5.60. The first-order valence-corrected chi connectivity index (χ1v) is 10.3. The van der Waals surface area contributed by atoms with Gasteiger partial charge in [0.1, 0.15) is 17.9 Å².